The Kier molecular flexibility index (Phi) is 3.22. The molecule has 0 aliphatic heterocycles. The maximum atomic E-state index is 6.28. The molecule has 2 rings (SSSR count). The normalized spacial score (nSPS) is 10.7. The van der Waals surface area contributed by atoms with Gasteiger partial charge in [-0.15, -0.1) is 0 Å². The van der Waals surface area contributed by atoms with Crippen LogP contribution >= 0.6 is 11.6 Å². The Bertz CT molecular complexity index is 585. The molecule has 0 bridgehead atoms. The molecule has 0 amide bonds. The molecule has 0 saturated carbocycles. The molecule has 0 unspecified atom stereocenters. The quantitative estimate of drug-likeness (QED) is 0.908. The number of nitrogens with zero attached hydrogens (tertiary/aromatic N) is 2. The second kappa shape index (κ2) is 4.53. The Hall–Kier alpha value is -1.68. The van der Waals surface area contributed by atoms with Gasteiger partial charge in [-0.1, -0.05) is 11.6 Å². The van der Waals surface area contributed by atoms with E-state index in [0.717, 1.165) is 22.4 Å². The van der Waals surface area contributed by atoms with E-state index in [1.54, 1.807) is 11.8 Å². The van der Waals surface area contributed by atoms with Gasteiger partial charge in [0.2, 0.25) is 0 Å². The lowest BCUT2D eigenvalue weighted by atomic mass is 9.99. The topological polar surface area (TPSA) is 53.1 Å². The van der Waals surface area contributed by atoms with Crippen molar-refractivity contribution >= 4 is 17.4 Å². The molecule has 0 fully saturated rings. The molecule has 2 N–H and O–H groups in total. The van der Waals surface area contributed by atoms with Crippen molar-refractivity contribution in [2.45, 2.75) is 13.8 Å². The van der Waals surface area contributed by atoms with Crippen molar-refractivity contribution in [3.63, 3.8) is 0 Å². The Morgan fingerprint density at radius 1 is 1.33 bits per heavy atom. The maximum Gasteiger partial charge on any atom is 0.138 e. The van der Waals surface area contributed by atoms with E-state index in [1.807, 2.05) is 33.0 Å². The summed E-state index contributed by atoms with van der Waals surface area (Å²) in [5.74, 6) is 1.30. The van der Waals surface area contributed by atoms with Gasteiger partial charge in [0.05, 0.1) is 17.8 Å². The van der Waals surface area contributed by atoms with Gasteiger partial charge in [0.15, 0.2) is 0 Å². The fourth-order valence-electron chi connectivity index (χ4n) is 2.07. The Morgan fingerprint density at radius 3 is 2.50 bits per heavy atom. The maximum absolute atomic E-state index is 6.28. The van der Waals surface area contributed by atoms with Gasteiger partial charge in [0.25, 0.3) is 0 Å². The number of rotatable bonds is 2. The van der Waals surface area contributed by atoms with Gasteiger partial charge in [-0.05, 0) is 31.0 Å². The van der Waals surface area contributed by atoms with Gasteiger partial charge in [-0.3, -0.25) is 4.68 Å². The smallest absolute Gasteiger partial charge is 0.138 e. The summed E-state index contributed by atoms with van der Waals surface area (Å²) in [5.41, 5.74) is 9.66. The molecule has 4 nitrogen and oxygen atoms in total. The Balaban J connectivity index is 2.68. The van der Waals surface area contributed by atoms with Crippen LogP contribution in [-0.4, -0.2) is 16.9 Å². The average Bonchev–Trinajstić information content (AvgIpc) is 2.64. The van der Waals surface area contributed by atoms with E-state index >= 15 is 0 Å². The number of benzene rings is 1. The fraction of sp³-hybridized carbons (Fsp3) is 0.308. The number of halogens is 1. The van der Waals surface area contributed by atoms with Crippen molar-refractivity contribution < 1.29 is 4.74 Å². The van der Waals surface area contributed by atoms with Crippen molar-refractivity contribution in [3.8, 4) is 17.0 Å². The largest absolute Gasteiger partial charge is 0.495 e. The van der Waals surface area contributed by atoms with Gasteiger partial charge in [-0.25, -0.2) is 0 Å². The summed E-state index contributed by atoms with van der Waals surface area (Å²) in [5, 5.41) is 5.00. The Labute approximate surface area is 111 Å². The van der Waals surface area contributed by atoms with Crippen LogP contribution in [0, 0.1) is 13.8 Å². The minimum absolute atomic E-state index is 0.613. The standard InChI is InChI=1S/C13H16ClN3O/c1-7-5-10(18-4)13(14)8(2)12(7)9-6-11(15)17(3)16-9/h5-6H,15H2,1-4H3. The first-order chi connectivity index (χ1) is 8.45. The van der Waals surface area contributed by atoms with Crippen LogP contribution in [-0.2, 0) is 7.05 Å². The number of methoxy groups -OCH3 is 1. The molecule has 0 spiro atoms. The van der Waals surface area contributed by atoms with Crippen molar-refractivity contribution in [2.24, 2.45) is 7.05 Å². The molecule has 2 aromatic rings. The van der Waals surface area contributed by atoms with Crippen LogP contribution < -0.4 is 10.5 Å². The molecule has 0 aliphatic rings. The minimum Gasteiger partial charge on any atom is -0.495 e. The number of ether oxygens (including phenoxy) is 1. The highest BCUT2D eigenvalue weighted by atomic mass is 35.5. The summed E-state index contributed by atoms with van der Waals surface area (Å²) in [6, 6.07) is 3.76. The summed E-state index contributed by atoms with van der Waals surface area (Å²) in [6.07, 6.45) is 0. The first-order valence-corrected chi connectivity index (χ1v) is 5.97. The SMILES string of the molecule is COc1cc(C)c(-c2cc(N)n(C)n2)c(C)c1Cl. The van der Waals surface area contributed by atoms with Crippen LogP contribution in [0.25, 0.3) is 11.3 Å². The van der Waals surface area contributed by atoms with Crippen molar-refractivity contribution in [1.29, 1.82) is 0 Å². The van der Waals surface area contributed by atoms with Gasteiger partial charge in [0.1, 0.15) is 11.6 Å². The minimum atomic E-state index is 0.613. The second-order valence-electron chi connectivity index (χ2n) is 4.29. The van der Waals surface area contributed by atoms with Crippen molar-refractivity contribution in [1.82, 2.24) is 9.78 Å². The highest BCUT2D eigenvalue weighted by molar-refractivity contribution is 6.33. The number of nitrogen functional groups attached to an aromatic ring is 1. The predicted molar refractivity (Wildman–Crippen MR) is 74.1 cm³/mol. The van der Waals surface area contributed by atoms with E-state index in [9.17, 15) is 0 Å². The van der Waals surface area contributed by atoms with Crippen LogP contribution in [0.4, 0.5) is 5.82 Å². The highest BCUT2D eigenvalue weighted by Gasteiger charge is 2.16. The lowest BCUT2D eigenvalue weighted by Crippen LogP contribution is -1.97. The van der Waals surface area contributed by atoms with Crippen molar-refractivity contribution in [2.75, 3.05) is 12.8 Å². The van der Waals surface area contributed by atoms with Crippen LogP contribution in [0.15, 0.2) is 12.1 Å². The summed E-state index contributed by atoms with van der Waals surface area (Å²) < 4.78 is 6.89. The van der Waals surface area contributed by atoms with Gasteiger partial charge >= 0.3 is 0 Å². The molecule has 0 atom stereocenters. The number of aryl methyl sites for hydroxylation is 2. The fourth-order valence-corrected chi connectivity index (χ4v) is 2.30. The van der Waals surface area contributed by atoms with Crippen LogP contribution in [0.2, 0.25) is 5.02 Å². The number of hydrogen-bond acceptors (Lipinski definition) is 3. The third kappa shape index (κ3) is 1.93. The van der Waals surface area contributed by atoms with Crippen LogP contribution in [0.5, 0.6) is 5.75 Å². The first-order valence-electron chi connectivity index (χ1n) is 5.59. The van der Waals surface area contributed by atoms with E-state index < -0.39 is 0 Å². The zero-order chi connectivity index (χ0) is 13.4. The molecule has 18 heavy (non-hydrogen) atoms. The monoisotopic (exact) mass is 265 g/mol. The number of hydrogen-bond donors (Lipinski definition) is 1. The zero-order valence-corrected chi connectivity index (χ0v) is 11.7. The van der Waals surface area contributed by atoms with Gasteiger partial charge in [-0.2, -0.15) is 5.10 Å². The zero-order valence-electron chi connectivity index (χ0n) is 10.9. The van der Waals surface area contributed by atoms with E-state index in [1.165, 1.54) is 0 Å². The lowest BCUT2D eigenvalue weighted by Gasteiger charge is -2.13. The van der Waals surface area contributed by atoms with Crippen LogP contribution in [0.3, 0.4) is 0 Å². The van der Waals surface area contributed by atoms with E-state index in [-0.39, 0.29) is 0 Å². The third-order valence-corrected chi connectivity index (χ3v) is 3.52. The summed E-state index contributed by atoms with van der Waals surface area (Å²) in [7, 11) is 3.42. The second-order valence-corrected chi connectivity index (χ2v) is 4.67. The molecular formula is C13H16ClN3O. The molecule has 1 aromatic heterocycles. The molecule has 0 saturated heterocycles. The summed E-state index contributed by atoms with van der Waals surface area (Å²) in [4.78, 5) is 0. The molecule has 0 aliphatic carbocycles. The van der Waals surface area contributed by atoms with Crippen LogP contribution in [0.1, 0.15) is 11.1 Å². The van der Waals surface area contributed by atoms with E-state index in [0.29, 0.717) is 16.6 Å². The molecular weight excluding hydrogens is 250 g/mol. The first kappa shape index (κ1) is 12.8. The average molecular weight is 266 g/mol. The number of anilines is 1. The summed E-state index contributed by atoms with van der Waals surface area (Å²) in [6.45, 7) is 3.96. The highest BCUT2D eigenvalue weighted by Crippen LogP contribution is 2.37. The summed E-state index contributed by atoms with van der Waals surface area (Å²) >= 11 is 6.28. The van der Waals surface area contributed by atoms with Gasteiger partial charge < -0.3 is 10.5 Å². The predicted octanol–water partition coefficient (Wildman–Crippen LogP) is 2.95. The molecule has 1 heterocycles. The third-order valence-electron chi connectivity index (χ3n) is 3.05. The van der Waals surface area contributed by atoms with Crippen molar-refractivity contribution in [3.05, 3.63) is 28.3 Å². The Morgan fingerprint density at radius 2 is 2.00 bits per heavy atom. The number of aromatic nitrogens is 2. The molecule has 5 heteroatoms. The number of nitrogens with two attached hydrogens (primary N) is 1. The van der Waals surface area contributed by atoms with Gasteiger partial charge in [0, 0.05) is 18.7 Å². The molecule has 96 valence electrons. The molecule has 1 aromatic carbocycles. The molecule has 0 radical (unpaired) electrons. The lowest BCUT2D eigenvalue weighted by molar-refractivity contribution is 0.414. The van der Waals surface area contributed by atoms with E-state index in [4.69, 9.17) is 22.1 Å². The van der Waals surface area contributed by atoms with E-state index in [2.05, 4.69) is 5.10 Å².